The number of aryl methyl sites for hydroxylation is 1. The van der Waals surface area contributed by atoms with Gasteiger partial charge in [0.2, 0.25) is 0 Å². The maximum atomic E-state index is 12.2. The van der Waals surface area contributed by atoms with E-state index < -0.39 is 4.92 Å². The van der Waals surface area contributed by atoms with E-state index in [2.05, 4.69) is 26.2 Å². The summed E-state index contributed by atoms with van der Waals surface area (Å²) in [5.41, 5.74) is 1.67. The molecule has 0 radical (unpaired) electrons. The Morgan fingerprint density at radius 1 is 1.35 bits per heavy atom. The van der Waals surface area contributed by atoms with Crippen LogP contribution in [0.5, 0.6) is 5.75 Å². The van der Waals surface area contributed by atoms with Gasteiger partial charge in [-0.1, -0.05) is 18.2 Å². The lowest BCUT2D eigenvalue weighted by atomic mass is 10.1. The van der Waals surface area contributed by atoms with Crippen molar-refractivity contribution in [2.45, 2.75) is 6.92 Å². The summed E-state index contributed by atoms with van der Waals surface area (Å²) in [5.74, 6) is -0.565. The standard InChI is InChI=1S/C17H12BrN3O4S/c1-9-4-2-3-5-13(9)19-17-20-16(23)14(26-17)7-10-6-11(21(24)25)8-12(18)15(10)22/h2-8,22H,1H3,(H,19,20,23)/b14-7-. The first kappa shape index (κ1) is 18.2. The van der Waals surface area contributed by atoms with Crippen molar-refractivity contribution in [2.24, 2.45) is 4.99 Å². The van der Waals surface area contributed by atoms with E-state index in [0.717, 1.165) is 23.0 Å². The predicted molar refractivity (Wildman–Crippen MR) is 104 cm³/mol. The van der Waals surface area contributed by atoms with Gasteiger partial charge in [0.05, 0.1) is 20.0 Å². The fourth-order valence-electron chi connectivity index (χ4n) is 2.24. The number of carbonyl (C=O) groups excluding carboxylic acids is 1. The summed E-state index contributed by atoms with van der Waals surface area (Å²) >= 11 is 4.18. The summed E-state index contributed by atoms with van der Waals surface area (Å²) in [4.78, 5) is 27.3. The van der Waals surface area contributed by atoms with Gasteiger partial charge in [-0.25, -0.2) is 4.99 Å². The number of hydrogen-bond donors (Lipinski definition) is 2. The predicted octanol–water partition coefficient (Wildman–Crippen LogP) is 4.26. The molecule has 3 rings (SSSR count). The molecule has 0 unspecified atom stereocenters. The molecule has 0 bridgehead atoms. The molecule has 0 atom stereocenters. The molecular formula is C17H12BrN3O4S. The zero-order chi connectivity index (χ0) is 18.8. The van der Waals surface area contributed by atoms with Crippen molar-refractivity contribution in [2.75, 3.05) is 0 Å². The number of nitrogens with zero attached hydrogens (tertiary/aromatic N) is 2. The smallest absolute Gasteiger partial charge is 0.271 e. The van der Waals surface area contributed by atoms with Gasteiger partial charge in [-0.3, -0.25) is 14.9 Å². The van der Waals surface area contributed by atoms with Gasteiger partial charge in [-0.2, -0.15) is 0 Å². The zero-order valence-electron chi connectivity index (χ0n) is 13.4. The van der Waals surface area contributed by atoms with Gasteiger partial charge in [0.15, 0.2) is 5.17 Å². The van der Waals surface area contributed by atoms with Gasteiger partial charge in [-0.15, -0.1) is 0 Å². The fraction of sp³-hybridized carbons (Fsp3) is 0.0588. The van der Waals surface area contributed by atoms with E-state index in [4.69, 9.17) is 0 Å². The lowest BCUT2D eigenvalue weighted by Gasteiger charge is -2.03. The van der Waals surface area contributed by atoms with Crippen LogP contribution in [0.25, 0.3) is 6.08 Å². The number of phenols is 1. The van der Waals surface area contributed by atoms with Crippen molar-refractivity contribution in [3.05, 3.63) is 67.0 Å². The minimum Gasteiger partial charge on any atom is -0.506 e. The average molecular weight is 434 g/mol. The summed E-state index contributed by atoms with van der Waals surface area (Å²) in [5, 5.41) is 24.1. The molecule has 1 fully saturated rings. The molecule has 0 spiro atoms. The number of non-ortho nitro benzene ring substituents is 1. The molecule has 9 heteroatoms. The van der Waals surface area contributed by atoms with Crippen molar-refractivity contribution in [3.63, 3.8) is 0 Å². The molecule has 1 aliphatic rings. The Hall–Kier alpha value is -2.65. The van der Waals surface area contributed by atoms with Crippen LogP contribution in [0.1, 0.15) is 11.1 Å². The minimum atomic E-state index is -0.570. The summed E-state index contributed by atoms with van der Waals surface area (Å²) < 4.78 is 0.177. The van der Waals surface area contributed by atoms with Gasteiger partial charge < -0.3 is 10.4 Å². The molecule has 2 N–H and O–H groups in total. The molecular weight excluding hydrogens is 422 g/mol. The number of halogens is 1. The van der Waals surface area contributed by atoms with Gasteiger partial charge in [0, 0.05) is 17.7 Å². The first-order chi connectivity index (χ1) is 12.3. The number of para-hydroxylation sites is 1. The second kappa shape index (κ2) is 7.30. The van der Waals surface area contributed by atoms with Gasteiger partial charge >= 0.3 is 0 Å². The number of hydrogen-bond acceptors (Lipinski definition) is 6. The lowest BCUT2D eigenvalue weighted by Crippen LogP contribution is -2.19. The van der Waals surface area contributed by atoms with Crippen LogP contribution >= 0.6 is 27.7 Å². The third-order valence-corrected chi connectivity index (χ3v) is 5.08. The van der Waals surface area contributed by atoms with Crippen molar-refractivity contribution < 1.29 is 14.8 Å². The summed E-state index contributed by atoms with van der Waals surface area (Å²) in [6.45, 7) is 1.91. The third kappa shape index (κ3) is 3.78. The van der Waals surface area contributed by atoms with Crippen LogP contribution in [-0.2, 0) is 4.79 Å². The van der Waals surface area contributed by atoms with Crippen LogP contribution in [0.2, 0.25) is 0 Å². The summed E-state index contributed by atoms with van der Waals surface area (Å²) in [6.07, 6.45) is 1.40. The largest absolute Gasteiger partial charge is 0.506 e. The van der Waals surface area contributed by atoms with Gasteiger partial charge in [-0.05, 0) is 52.3 Å². The highest BCUT2D eigenvalue weighted by Crippen LogP contribution is 2.36. The number of rotatable bonds is 3. The number of nitro groups is 1. The van der Waals surface area contributed by atoms with Crippen LogP contribution in [-0.4, -0.2) is 21.1 Å². The number of amides is 1. The van der Waals surface area contributed by atoms with Gasteiger partial charge in [0.25, 0.3) is 11.6 Å². The summed E-state index contributed by atoms with van der Waals surface area (Å²) in [6, 6.07) is 9.90. The van der Waals surface area contributed by atoms with E-state index in [1.54, 1.807) is 0 Å². The van der Waals surface area contributed by atoms with Crippen LogP contribution in [0.3, 0.4) is 0 Å². The maximum Gasteiger partial charge on any atom is 0.271 e. The Morgan fingerprint density at radius 3 is 2.77 bits per heavy atom. The molecule has 0 aliphatic carbocycles. The highest BCUT2D eigenvalue weighted by Gasteiger charge is 2.25. The number of benzene rings is 2. The molecule has 1 amide bonds. The van der Waals surface area contributed by atoms with E-state index in [-0.39, 0.29) is 32.3 Å². The Balaban J connectivity index is 1.95. The second-order valence-electron chi connectivity index (χ2n) is 5.39. The van der Waals surface area contributed by atoms with Crippen LogP contribution < -0.4 is 5.32 Å². The SMILES string of the molecule is Cc1ccccc1N=C1NC(=O)/C(=C/c2cc([N+](=O)[O-])cc(Br)c2O)S1. The third-order valence-electron chi connectivity index (χ3n) is 3.56. The molecule has 2 aromatic rings. The summed E-state index contributed by atoms with van der Waals surface area (Å²) in [7, 11) is 0. The number of carbonyl (C=O) groups is 1. The van der Waals surface area contributed by atoms with E-state index >= 15 is 0 Å². The first-order valence-corrected chi connectivity index (χ1v) is 8.98. The zero-order valence-corrected chi connectivity index (χ0v) is 15.8. The van der Waals surface area contributed by atoms with Crippen molar-refractivity contribution in [1.82, 2.24) is 5.32 Å². The van der Waals surface area contributed by atoms with Crippen LogP contribution in [0, 0.1) is 17.0 Å². The molecule has 2 aromatic carbocycles. The lowest BCUT2D eigenvalue weighted by molar-refractivity contribution is -0.385. The highest BCUT2D eigenvalue weighted by molar-refractivity contribution is 9.10. The quantitative estimate of drug-likeness (QED) is 0.427. The second-order valence-corrected chi connectivity index (χ2v) is 7.28. The number of aromatic hydroxyl groups is 1. The average Bonchev–Trinajstić information content (AvgIpc) is 2.93. The molecule has 7 nitrogen and oxygen atoms in total. The van der Waals surface area contributed by atoms with Crippen molar-refractivity contribution in [1.29, 1.82) is 0 Å². The van der Waals surface area contributed by atoms with E-state index in [0.29, 0.717) is 5.17 Å². The van der Waals surface area contributed by atoms with Crippen LogP contribution in [0.15, 0.2) is 50.8 Å². The fourth-order valence-corrected chi connectivity index (χ4v) is 3.53. The number of amidine groups is 1. The monoisotopic (exact) mass is 433 g/mol. The topological polar surface area (TPSA) is 105 Å². The Bertz CT molecular complexity index is 988. The van der Waals surface area contributed by atoms with E-state index in [1.807, 2.05) is 31.2 Å². The molecule has 0 aromatic heterocycles. The minimum absolute atomic E-state index is 0.167. The number of nitrogens with one attached hydrogen (secondary N) is 1. The normalized spacial score (nSPS) is 16.9. The number of thioether (sulfide) groups is 1. The highest BCUT2D eigenvalue weighted by atomic mass is 79.9. The van der Waals surface area contributed by atoms with E-state index in [9.17, 15) is 20.0 Å². The molecule has 1 heterocycles. The first-order valence-electron chi connectivity index (χ1n) is 7.37. The number of nitro benzene ring substituents is 1. The molecule has 0 saturated carbocycles. The Labute approximate surface area is 161 Å². The molecule has 1 aliphatic heterocycles. The maximum absolute atomic E-state index is 12.2. The van der Waals surface area contributed by atoms with Crippen molar-refractivity contribution in [3.8, 4) is 5.75 Å². The van der Waals surface area contributed by atoms with E-state index in [1.165, 1.54) is 18.2 Å². The Kier molecular flexibility index (Phi) is 5.10. The molecule has 132 valence electrons. The van der Waals surface area contributed by atoms with Gasteiger partial charge in [0.1, 0.15) is 5.75 Å². The molecule has 1 saturated heterocycles. The Morgan fingerprint density at radius 2 is 2.08 bits per heavy atom. The number of phenolic OH excluding ortho intramolecular Hbond substituents is 1. The van der Waals surface area contributed by atoms with Crippen LogP contribution in [0.4, 0.5) is 11.4 Å². The van der Waals surface area contributed by atoms with Crippen molar-refractivity contribution >= 4 is 56.2 Å². The number of aliphatic imine (C=N–C) groups is 1. The molecule has 26 heavy (non-hydrogen) atoms.